The molecule has 3 rings (SSSR count). The van der Waals surface area contributed by atoms with Gasteiger partial charge in [0.05, 0.1) is 11.8 Å². The number of rotatable bonds is 3. The summed E-state index contributed by atoms with van der Waals surface area (Å²) >= 11 is 1.33. The number of carbonyl (C=O) groups is 2. The summed E-state index contributed by atoms with van der Waals surface area (Å²) in [5.41, 5.74) is 0.472. The van der Waals surface area contributed by atoms with Crippen LogP contribution in [-0.2, 0) is 16.1 Å². The number of piperidine rings is 1. The van der Waals surface area contributed by atoms with Crippen molar-refractivity contribution < 1.29 is 9.59 Å². The summed E-state index contributed by atoms with van der Waals surface area (Å²) in [7, 11) is 0. The number of nitrogens with zero attached hydrogens (tertiary/aromatic N) is 3. The molecule has 0 saturated carbocycles. The number of amides is 2. The highest BCUT2D eigenvalue weighted by Crippen LogP contribution is 2.13. The van der Waals surface area contributed by atoms with Crippen LogP contribution in [0.4, 0.5) is 0 Å². The zero-order valence-corrected chi connectivity index (χ0v) is 13.6. The summed E-state index contributed by atoms with van der Waals surface area (Å²) in [4.78, 5) is 41.6. The fraction of sp³-hybridized carbons (Fsp3) is 0.467. The number of carbonyl (C=O) groups excluding carboxylic acids is 2. The lowest BCUT2D eigenvalue weighted by Gasteiger charge is -2.31. The van der Waals surface area contributed by atoms with E-state index in [4.69, 9.17) is 0 Å². The van der Waals surface area contributed by atoms with Crippen molar-refractivity contribution >= 4 is 33.4 Å². The molecular formula is C15H18N4O3S. The van der Waals surface area contributed by atoms with Crippen molar-refractivity contribution in [3.8, 4) is 0 Å². The number of hydrogen-bond donors (Lipinski definition) is 1. The summed E-state index contributed by atoms with van der Waals surface area (Å²) in [5.74, 6) is -0.136. The maximum absolute atomic E-state index is 12.2. The van der Waals surface area contributed by atoms with Crippen LogP contribution in [0.15, 0.2) is 22.6 Å². The topological polar surface area (TPSA) is 84.3 Å². The van der Waals surface area contributed by atoms with Gasteiger partial charge < -0.3 is 10.2 Å². The Morgan fingerprint density at radius 1 is 1.39 bits per heavy atom. The van der Waals surface area contributed by atoms with Crippen molar-refractivity contribution in [3.05, 3.63) is 28.1 Å². The molecule has 0 unspecified atom stereocenters. The van der Waals surface area contributed by atoms with Crippen LogP contribution < -0.4 is 10.9 Å². The van der Waals surface area contributed by atoms with E-state index in [0.29, 0.717) is 23.3 Å². The van der Waals surface area contributed by atoms with Crippen molar-refractivity contribution in [2.75, 3.05) is 13.1 Å². The summed E-state index contributed by atoms with van der Waals surface area (Å²) in [5, 5.41) is 4.75. The largest absolute Gasteiger partial charge is 0.352 e. The normalized spacial score (nSPS) is 15.8. The predicted molar refractivity (Wildman–Crippen MR) is 87.3 cm³/mol. The van der Waals surface area contributed by atoms with Crippen LogP contribution in [0.25, 0.3) is 10.2 Å². The molecule has 1 N–H and O–H groups in total. The molecule has 0 spiro atoms. The third-order valence-corrected chi connectivity index (χ3v) is 4.95. The third-order valence-electron chi connectivity index (χ3n) is 4.06. The van der Waals surface area contributed by atoms with Gasteiger partial charge in [0.15, 0.2) is 0 Å². The first-order valence-electron chi connectivity index (χ1n) is 7.52. The summed E-state index contributed by atoms with van der Waals surface area (Å²) in [6, 6.07) is 1.83. The molecule has 23 heavy (non-hydrogen) atoms. The van der Waals surface area contributed by atoms with Crippen LogP contribution in [0, 0.1) is 0 Å². The lowest BCUT2D eigenvalue weighted by Crippen LogP contribution is -2.47. The standard InChI is InChI=1S/C15H18N4O3S/c1-10(20)18-5-2-11(3-6-18)17-13(21)8-19-9-16-12-4-7-23-14(12)15(19)22/h4,7,9,11H,2-3,5-6,8H2,1H3,(H,17,21). The first-order valence-corrected chi connectivity index (χ1v) is 8.40. The molecule has 2 aromatic rings. The van der Waals surface area contributed by atoms with Gasteiger partial charge in [0, 0.05) is 26.1 Å². The number of fused-ring (bicyclic) bond motifs is 1. The van der Waals surface area contributed by atoms with Crippen molar-refractivity contribution in [2.45, 2.75) is 32.4 Å². The quantitative estimate of drug-likeness (QED) is 0.890. The summed E-state index contributed by atoms with van der Waals surface area (Å²) < 4.78 is 1.90. The Bertz CT molecular complexity index is 789. The molecule has 0 aromatic carbocycles. The molecule has 0 radical (unpaired) electrons. The zero-order chi connectivity index (χ0) is 16.4. The predicted octanol–water partition coefficient (Wildman–Crippen LogP) is 0.585. The van der Waals surface area contributed by atoms with E-state index in [2.05, 4.69) is 10.3 Å². The number of nitrogens with one attached hydrogen (secondary N) is 1. The highest BCUT2D eigenvalue weighted by molar-refractivity contribution is 7.17. The van der Waals surface area contributed by atoms with Crippen molar-refractivity contribution in [1.82, 2.24) is 19.8 Å². The molecule has 2 amide bonds. The molecule has 1 saturated heterocycles. The monoisotopic (exact) mass is 334 g/mol. The molecule has 2 aromatic heterocycles. The van der Waals surface area contributed by atoms with Crippen LogP contribution in [-0.4, -0.2) is 45.4 Å². The molecule has 0 atom stereocenters. The zero-order valence-electron chi connectivity index (χ0n) is 12.8. The van der Waals surface area contributed by atoms with Crippen molar-refractivity contribution in [3.63, 3.8) is 0 Å². The van der Waals surface area contributed by atoms with E-state index in [1.807, 2.05) is 5.38 Å². The second-order valence-electron chi connectivity index (χ2n) is 5.66. The van der Waals surface area contributed by atoms with Crippen molar-refractivity contribution in [1.29, 1.82) is 0 Å². The van der Waals surface area contributed by atoms with Gasteiger partial charge in [-0.1, -0.05) is 0 Å². The molecule has 7 nitrogen and oxygen atoms in total. The van der Waals surface area contributed by atoms with Gasteiger partial charge >= 0.3 is 0 Å². The average molecular weight is 334 g/mol. The summed E-state index contributed by atoms with van der Waals surface area (Å²) in [6.45, 7) is 2.83. The van der Waals surface area contributed by atoms with E-state index >= 15 is 0 Å². The first kappa shape index (κ1) is 15.7. The fourth-order valence-corrected chi connectivity index (χ4v) is 3.55. The lowest BCUT2D eigenvalue weighted by molar-refractivity contribution is -0.130. The van der Waals surface area contributed by atoms with Gasteiger partial charge in [-0.2, -0.15) is 0 Å². The van der Waals surface area contributed by atoms with Gasteiger partial charge in [0.1, 0.15) is 11.2 Å². The molecular weight excluding hydrogens is 316 g/mol. The van der Waals surface area contributed by atoms with E-state index in [0.717, 1.165) is 12.8 Å². The second-order valence-corrected chi connectivity index (χ2v) is 6.58. The highest BCUT2D eigenvalue weighted by Gasteiger charge is 2.22. The van der Waals surface area contributed by atoms with Crippen LogP contribution in [0.5, 0.6) is 0 Å². The van der Waals surface area contributed by atoms with Gasteiger partial charge in [-0.15, -0.1) is 11.3 Å². The van der Waals surface area contributed by atoms with Gasteiger partial charge in [-0.3, -0.25) is 19.0 Å². The van der Waals surface area contributed by atoms with E-state index < -0.39 is 0 Å². The Morgan fingerprint density at radius 3 is 2.83 bits per heavy atom. The van der Waals surface area contributed by atoms with Crippen LogP contribution in [0.1, 0.15) is 19.8 Å². The average Bonchev–Trinajstić information content (AvgIpc) is 3.00. The minimum Gasteiger partial charge on any atom is -0.352 e. The van der Waals surface area contributed by atoms with Gasteiger partial charge in [-0.25, -0.2) is 4.98 Å². The fourth-order valence-electron chi connectivity index (χ4n) is 2.76. The first-order chi connectivity index (χ1) is 11.0. The Morgan fingerprint density at radius 2 is 2.13 bits per heavy atom. The lowest BCUT2D eigenvalue weighted by atomic mass is 10.1. The maximum Gasteiger partial charge on any atom is 0.271 e. The number of likely N-dealkylation sites (tertiary alicyclic amines) is 1. The molecule has 1 fully saturated rings. The molecule has 8 heteroatoms. The number of thiophene rings is 1. The van der Waals surface area contributed by atoms with Crippen LogP contribution >= 0.6 is 11.3 Å². The van der Waals surface area contributed by atoms with Gasteiger partial charge in [-0.05, 0) is 24.3 Å². The second kappa shape index (κ2) is 6.49. The number of hydrogen-bond acceptors (Lipinski definition) is 5. The van der Waals surface area contributed by atoms with E-state index in [-0.39, 0.29) is 30.0 Å². The summed E-state index contributed by atoms with van der Waals surface area (Å²) in [6.07, 6.45) is 2.89. The Kier molecular flexibility index (Phi) is 4.42. The minimum atomic E-state index is -0.203. The molecule has 1 aliphatic heterocycles. The van der Waals surface area contributed by atoms with Crippen LogP contribution in [0.2, 0.25) is 0 Å². The van der Waals surface area contributed by atoms with Crippen molar-refractivity contribution in [2.24, 2.45) is 0 Å². The molecule has 1 aliphatic rings. The Labute approximate surface area is 136 Å². The maximum atomic E-state index is 12.2. The number of aromatic nitrogens is 2. The third kappa shape index (κ3) is 3.42. The molecule has 3 heterocycles. The molecule has 0 bridgehead atoms. The van der Waals surface area contributed by atoms with Gasteiger partial charge in [0.2, 0.25) is 11.8 Å². The van der Waals surface area contributed by atoms with Crippen LogP contribution in [0.3, 0.4) is 0 Å². The Hall–Kier alpha value is -2.22. The van der Waals surface area contributed by atoms with E-state index in [1.165, 1.54) is 22.2 Å². The Balaban J connectivity index is 1.60. The van der Waals surface area contributed by atoms with Gasteiger partial charge in [0.25, 0.3) is 5.56 Å². The smallest absolute Gasteiger partial charge is 0.271 e. The molecule has 122 valence electrons. The van der Waals surface area contributed by atoms with E-state index in [1.54, 1.807) is 17.9 Å². The SMILES string of the molecule is CC(=O)N1CCC(NC(=O)Cn2cnc3ccsc3c2=O)CC1. The molecule has 0 aliphatic carbocycles. The van der Waals surface area contributed by atoms with E-state index in [9.17, 15) is 14.4 Å². The minimum absolute atomic E-state index is 0.0351. The highest BCUT2D eigenvalue weighted by atomic mass is 32.1.